The van der Waals surface area contributed by atoms with E-state index in [9.17, 15) is 5.26 Å². The molecule has 0 aliphatic carbocycles. The first-order valence-electron chi connectivity index (χ1n) is 5.43. The lowest BCUT2D eigenvalue weighted by molar-refractivity contribution is 0.698. The molecule has 2 rings (SSSR count). The van der Waals surface area contributed by atoms with E-state index < -0.39 is 5.41 Å². The maximum Gasteiger partial charge on any atom is 0.123 e. The fourth-order valence-electron chi connectivity index (χ4n) is 1.75. The molecule has 0 amide bonds. The maximum absolute atomic E-state index is 9.47. The van der Waals surface area contributed by atoms with Crippen molar-refractivity contribution in [3.8, 4) is 6.07 Å². The van der Waals surface area contributed by atoms with Crippen molar-refractivity contribution in [3.05, 3.63) is 59.7 Å². The first kappa shape index (κ1) is 11.3. The van der Waals surface area contributed by atoms with E-state index in [-0.39, 0.29) is 0 Å². The van der Waals surface area contributed by atoms with E-state index in [0.717, 1.165) is 11.3 Å². The Bertz CT molecular complexity index is 557. The van der Waals surface area contributed by atoms with Gasteiger partial charge in [-0.15, -0.1) is 0 Å². The minimum atomic E-state index is -0.750. The quantitative estimate of drug-likeness (QED) is 0.786. The van der Waals surface area contributed by atoms with Crippen molar-refractivity contribution in [3.63, 3.8) is 0 Å². The zero-order valence-electron chi connectivity index (χ0n) is 9.88. The highest BCUT2D eigenvalue weighted by Gasteiger charge is 2.30. The normalized spacial score (nSPS) is 13.7. The van der Waals surface area contributed by atoms with Crippen molar-refractivity contribution in [2.75, 3.05) is 0 Å². The number of nitriles is 1. The summed E-state index contributed by atoms with van der Waals surface area (Å²) in [5.41, 5.74) is 1.69. The number of aryl methyl sites for hydroxylation is 1. The third-order valence-electron chi connectivity index (χ3n) is 2.84. The predicted octanol–water partition coefficient (Wildman–Crippen LogP) is 2.61. The van der Waals surface area contributed by atoms with Gasteiger partial charge in [-0.2, -0.15) is 5.26 Å². The van der Waals surface area contributed by atoms with E-state index in [1.807, 2.05) is 44.2 Å². The first-order valence-corrected chi connectivity index (χ1v) is 5.43. The van der Waals surface area contributed by atoms with Gasteiger partial charge in [0.1, 0.15) is 5.41 Å². The molecule has 0 bridgehead atoms. The van der Waals surface area contributed by atoms with E-state index in [2.05, 4.69) is 16.0 Å². The molecular formula is C14H13N3. The van der Waals surface area contributed by atoms with Crippen LogP contribution in [0.4, 0.5) is 0 Å². The Balaban J connectivity index is 2.57. The van der Waals surface area contributed by atoms with Crippen LogP contribution in [0.1, 0.15) is 23.9 Å². The van der Waals surface area contributed by atoms with Crippen LogP contribution in [0.15, 0.2) is 42.7 Å². The van der Waals surface area contributed by atoms with Crippen LogP contribution >= 0.6 is 0 Å². The molecule has 2 aromatic rings. The molecule has 0 spiro atoms. The molecule has 1 unspecified atom stereocenters. The summed E-state index contributed by atoms with van der Waals surface area (Å²) in [5.74, 6) is 0. The molecule has 17 heavy (non-hydrogen) atoms. The first-order chi connectivity index (χ1) is 8.16. The van der Waals surface area contributed by atoms with E-state index in [1.54, 1.807) is 12.4 Å². The van der Waals surface area contributed by atoms with Crippen LogP contribution in [-0.4, -0.2) is 9.97 Å². The summed E-state index contributed by atoms with van der Waals surface area (Å²) in [5, 5.41) is 9.47. The second kappa shape index (κ2) is 4.34. The summed E-state index contributed by atoms with van der Waals surface area (Å²) in [6, 6.07) is 12.0. The molecule has 0 radical (unpaired) electrons. The Kier molecular flexibility index (Phi) is 2.88. The molecule has 3 heteroatoms. The van der Waals surface area contributed by atoms with Crippen LogP contribution < -0.4 is 0 Å². The van der Waals surface area contributed by atoms with Crippen LogP contribution in [0.5, 0.6) is 0 Å². The summed E-state index contributed by atoms with van der Waals surface area (Å²) in [4.78, 5) is 8.52. The predicted molar refractivity (Wildman–Crippen MR) is 65.3 cm³/mol. The van der Waals surface area contributed by atoms with Crippen LogP contribution in [-0.2, 0) is 5.41 Å². The van der Waals surface area contributed by atoms with Gasteiger partial charge in [0, 0.05) is 6.20 Å². The smallest absolute Gasteiger partial charge is 0.123 e. The van der Waals surface area contributed by atoms with Gasteiger partial charge >= 0.3 is 0 Å². The highest BCUT2D eigenvalue weighted by atomic mass is 14.8. The topological polar surface area (TPSA) is 49.6 Å². The second-order valence-corrected chi connectivity index (χ2v) is 4.15. The lowest BCUT2D eigenvalue weighted by atomic mass is 9.81. The van der Waals surface area contributed by atoms with Gasteiger partial charge in [0.25, 0.3) is 0 Å². The lowest BCUT2D eigenvalue weighted by Gasteiger charge is -2.21. The number of rotatable bonds is 2. The molecule has 0 aliphatic heterocycles. The Morgan fingerprint density at radius 1 is 1.18 bits per heavy atom. The standard InChI is InChI=1S/C14H13N3/c1-11-8-16-9-13(17-11)14(2,10-15)12-6-4-3-5-7-12/h3-9H,1-2H3. The molecule has 84 valence electrons. The summed E-state index contributed by atoms with van der Waals surface area (Å²) < 4.78 is 0. The third-order valence-corrected chi connectivity index (χ3v) is 2.84. The van der Waals surface area contributed by atoms with Gasteiger partial charge in [-0.1, -0.05) is 30.3 Å². The fraction of sp³-hybridized carbons (Fsp3) is 0.214. The summed E-state index contributed by atoms with van der Waals surface area (Å²) in [7, 11) is 0. The van der Waals surface area contributed by atoms with Gasteiger partial charge < -0.3 is 0 Å². The van der Waals surface area contributed by atoms with Gasteiger partial charge in [-0.3, -0.25) is 9.97 Å². The fourth-order valence-corrected chi connectivity index (χ4v) is 1.75. The molecule has 1 aromatic carbocycles. The average molecular weight is 223 g/mol. The van der Waals surface area contributed by atoms with Crippen LogP contribution in [0.2, 0.25) is 0 Å². The van der Waals surface area contributed by atoms with Crippen LogP contribution in [0, 0.1) is 18.3 Å². The molecule has 0 N–H and O–H groups in total. The number of nitrogens with zero attached hydrogens (tertiary/aromatic N) is 3. The number of hydrogen-bond acceptors (Lipinski definition) is 3. The SMILES string of the molecule is Cc1cncc(C(C)(C#N)c2ccccc2)n1. The largest absolute Gasteiger partial charge is 0.261 e. The third kappa shape index (κ3) is 2.02. The van der Waals surface area contributed by atoms with Crippen molar-refractivity contribution in [1.29, 1.82) is 5.26 Å². The zero-order valence-corrected chi connectivity index (χ0v) is 9.88. The van der Waals surface area contributed by atoms with Crippen LogP contribution in [0.3, 0.4) is 0 Å². The monoisotopic (exact) mass is 223 g/mol. The Morgan fingerprint density at radius 3 is 2.47 bits per heavy atom. The Hall–Kier alpha value is -2.21. The van der Waals surface area contributed by atoms with Gasteiger partial charge in [-0.05, 0) is 19.4 Å². The van der Waals surface area contributed by atoms with Crippen LogP contribution in [0.25, 0.3) is 0 Å². The van der Waals surface area contributed by atoms with E-state index in [0.29, 0.717) is 5.69 Å². The summed E-state index contributed by atoms with van der Waals surface area (Å²) >= 11 is 0. The van der Waals surface area contributed by atoms with Crippen molar-refractivity contribution in [2.24, 2.45) is 0 Å². The van der Waals surface area contributed by atoms with Crippen molar-refractivity contribution in [2.45, 2.75) is 19.3 Å². The van der Waals surface area contributed by atoms with Gasteiger partial charge in [-0.25, -0.2) is 0 Å². The zero-order chi connectivity index (χ0) is 12.3. The number of aromatic nitrogens is 2. The highest BCUT2D eigenvalue weighted by molar-refractivity contribution is 5.40. The van der Waals surface area contributed by atoms with Crippen molar-refractivity contribution in [1.82, 2.24) is 9.97 Å². The molecular weight excluding hydrogens is 210 g/mol. The second-order valence-electron chi connectivity index (χ2n) is 4.15. The average Bonchev–Trinajstić information content (AvgIpc) is 2.39. The summed E-state index contributed by atoms with van der Waals surface area (Å²) in [6.07, 6.45) is 3.34. The Labute approximate surface area is 101 Å². The van der Waals surface area contributed by atoms with E-state index >= 15 is 0 Å². The number of hydrogen-bond donors (Lipinski definition) is 0. The van der Waals surface area contributed by atoms with E-state index in [4.69, 9.17) is 0 Å². The molecule has 0 aliphatic rings. The molecule has 3 nitrogen and oxygen atoms in total. The molecule has 0 saturated carbocycles. The maximum atomic E-state index is 9.47. The van der Waals surface area contributed by atoms with Crippen molar-refractivity contribution >= 4 is 0 Å². The Morgan fingerprint density at radius 2 is 1.88 bits per heavy atom. The molecule has 1 aromatic heterocycles. The van der Waals surface area contributed by atoms with Gasteiger partial charge in [0.2, 0.25) is 0 Å². The van der Waals surface area contributed by atoms with Gasteiger partial charge in [0.15, 0.2) is 0 Å². The number of benzene rings is 1. The minimum absolute atomic E-state index is 0.686. The molecule has 0 fully saturated rings. The highest BCUT2D eigenvalue weighted by Crippen LogP contribution is 2.29. The summed E-state index contributed by atoms with van der Waals surface area (Å²) in [6.45, 7) is 3.74. The lowest BCUT2D eigenvalue weighted by Crippen LogP contribution is -2.23. The minimum Gasteiger partial charge on any atom is -0.261 e. The molecule has 0 saturated heterocycles. The van der Waals surface area contributed by atoms with E-state index in [1.165, 1.54) is 0 Å². The molecule has 1 heterocycles. The molecule has 1 atom stereocenters. The van der Waals surface area contributed by atoms with Gasteiger partial charge in [0.05, 0.1) is 23.7 Å². The van der Waals surface area contributed by atoms with Crippen molar-refractivity contribution < 1.29 is 0 Å².